The van der Waals surface area contributed by atoms with Gasteiger partial charge in [-0.25, -0.2) is 4.98 Å². The molecule has 0 radical (unpaired) electrons. The first-order valence-corrected chi connectivity index (χ1v) is 8.39. The third-order valence-electron chi connectivity index (χ3n) is 4.08. The average molecular weight is 337 g/mol. The summed E-state index contributed by atoms with van der Waals surface area (Å²) in [5.41, 5.74) is 2.75. The van der Waals surface area contributed by atoms with Gasteiger partial charge in [-0.3, -0.25) is 4.79 Å². The number of nitrogens with zero attached hydrogens (tertiary/aromatic N) is 3. The molecule has 120 valence electrons. The third-order valence-corrected chi connectivity index (χ3v) is 5.19. The lowest BCUT2D eigenvalue weighted by molar-refractivity contribution is 0.353. The van der Waals surface area contributed by atoms with Crippen LogP contribution in [0.25, 0.3) is 16.3 Å². The molecular formula is C18H15N3O2S. The Morgan fingerprint density at radius 2 is 2.17 bits per heavy atom. The Bertz CT molecular complexity index is 1060. The first kappa shape index (κ1) is 14.8. The van der Waals surface area contributed by atoms with Crippen LogP contribution in [0.1, 0.15) is 16.0 Å². The van der Waals surface area contributed by atoms with Gasteiger partial charge in [0.1, 0.15) is 23.5 Å². The third kappa shape index (κ3) is 2.45. The smallest absolute Gasteiger partial charge is 0.282 e. The summed E-state index contributed by atoms with van der Waals surface area (Å²) in [5, 5.41) is 4.93. The van der Waals surface area contributed by atoms with E-state index in [0.29, 0.717) is 12.0 Å². The lowest BCUT2D eigenvalue weighted by Crippen LogP contribution is -2.17. The standard InChI is InChI=1S/C18H15N3O2S/c1-11-12(2)24-17-16(11)18(22)21(10-19-17)20-8-13-7-14-5-3-4-6-15(14)23-9-13/h3-8,10H,9H2,1-2H3/b20-8+. The predicted molar refractivity (Wildman–Crippen MR) is 97.2 cm³/mol. The zero-order valence-corrected chi connectivity index (χ0v) is 14.1. The van der Waals surface area contributed by atoms with Crippen LogP contribution in [0.3, 0.4) is 0 Å². The minimum absolute atomic E-state index is 0.143. The number of para-hydroxylation sites is 1. The summed E-state index contributed by atoms with van der Waals surface area (Å²) in [5.74, 6) is 0.860. The van der Waals surface area contributed by atoms with Crippen molar-refractivity contribution in [1.82, 2.24) is 9.66 Å². The molecule has 0 saturated heterocycles. The highest BCUT2D eigenvalue weighted by Gasteiger charge is 2.12. The van der Waals surface area contributed by atoms with E-state index in [4.69, 9.17) is 4.74 Å². The minimum Gasteiger partial charge on any atom is -0.488 e. The number of ether oxygens (including phenoxy) is 1. The molecule has 3 heterocycles. The second-order valence-corrected chi connectivity index (χ2v) is 6.85. The van der Waals surface area contributed by atoms with Gasteiger partial charge in [0.05, 0.1) is 11.6 Å². The maximum absolute atomic E-state index is 12.6. The fourth-order valence-electron chi connectivity index (χ4n) is 2.65. The molecule has 0 atom stereocenters. The highest BCUT2D eigenvalue weighted by molar-refractivity contribution is 7.18. The van der Waals surface area contributed by atoms with Crippen LogP contribution >= 0.6 is 11.3 Å². The van der Waals surface area contributed by atoms with E-state index in [2.05, 4.69) is 10.1 Å². The van der Waals surface area contributed by atoms with Crippen molar-refractivity contribution in [2.75, 3.05) is 6.61 Å². The SMILES string of the molecule is Cc1sc2ncn(/N=C/C3=Cc4ccccc4OC3)c(=O)c2c1C. The van der Waals surface area contributed by atoms with E-state index in [9.17, 15) is 4.79 Å². The van der Waals surface area contributed by atoms with E-state index in [-0.39, 0.29) is 5.56 Å². The Morgan fingerprint density at radius 1 is 1.33 bits per heavy atom. The number of aromatic nitrogens is 2. The maximum atomic E-state index is 12.6. The van der Waals surface area contributed by atoms with Crippen molar-refractivity contribution in [3.63, 3.8) is 0 Å². The van der Waals surface area contributed by atoms with E-state index in [1.165, 1.54) is 22.3 Å². The second-order valence-electron chi connectivity index (χ2n) is 5.65. The highest BCUT2D eigenvalue weighted by atomic mass is 32.1. The monoisotopic (exact) mass is 337 g/mol. The summed E-state index contributed by atoms with van der Waals surface area (Å²) in [6.45, 7) is 4.37. The van der Waals surface area contributed by atoms with Crippen molar-refractivity contribution in [3.8, 4) is 5.75 Å². The fourth-order valence-corrected chi connectivity index (χ4v) is 3.64. The second kappa shape index (κ2) is 5.72. The van der Waals surface area contributed by atoms with E-state index >= 15 is 0 Å². The molecule has 1 aliphatic rings. The van der Waals surface area contributed by atoms with Crippen molar-refractivity contribution >= 4 is 33.8 Å². The van der Waals surface area contributed by atoms with Crippen LogP contribution in [-0.2, 0) is 0 Å². The number of fused-ring (bicyclic) bond motifs is 2. The summed E-state index contributed by atoms with van der Waals surface area (Å²) in [6, 6.07) is 7.82. The quantitative estimate of drug-likeness (QED) is 0.674. The van der Waals surface area contributed by atoms with Gasteiger partial charge >= 0.3 is 0 Å². The lowest BCUT2D eigenvalue weighted by Gasteiger charge is -2.15. The van der Waals surface area contributed by atoms with Crippen molar-refractivity contribution in [2.24, 2.45) is 5.10 Å². The Labute approximate surface area is 142 Å². The maximum Gasteiger partial charge on any atom is 0.282 e. The summed E-state index contributed by atoms with van der Waals surface area (Å²) in [6.07, 6.45) is 5.13. The molecule has 5 nitrogen and oxygen atoms in total. The molecule has 0 amide bonds. The molecule has 0 spiro atoms. The number of hydrogen-bond acceptors (Lipinski definition) is 5. The number of hydrogen-bond donors (Lipinski definition) is 0. The van der Waals surface area contributed by atoms with Crippen molar-refractivity contribution < 1.29 is 4.74 Å². The summed E-state index contributed by atoms with van der Waals surface area (Å²) in [4.78, 5) is 18.8. The van der Waals surface area contributed by atoms with Crippen LogP contribution in [0.15, 0.2) is 46.1 Å². The molecule has 0 fully saturated rings. The molecule has 2 aromatic heterocycles. The first-order chi connectivity index (χ1) is 11.6. The molecule has 0 saturated carbocycles. The van der Waals surface area contributed by atoms with Gasteiger partial charge in [0.25, 0.3) is 5.56 Å². The molecular weight excluding hydrogens is 322 g/mol. The van der Waals surface area contributed by atoms with Crippen LogP contribution < -0.4 is 10.3 Å². The molecule has 0 N–H and O–H groups in total. The van der Waals surface area contributed by atoms with E-state index in [1.807, 2.05) is 44.2 Å². The Kier molecular flexibility index (Phi) is 3.54. The number of benzene rings is 1. The zero-order chi connectivity index (χ0) is 16.7. The Morgan fingerprint density at radius 3 is 3.04 bits per heavy atom. The number of thiophene rings is 1. The summed E-state index contributed by atoms with van der Waals surface area (Å²) < 4.78 is 6.97. The molecule has 0 unspecified atom stereocenters. The fraction of sp³-hybridized carbons (Fsp3) is 0.167. The molecule has 1 aromatic carbocycles. The van der Waals surface area contributed by atoms with E-state index in [0.717, 1.165) is 32.2 Å². The van der Waals surface area contributed by atoms with Gasteiger partial charge in [0, 0.05) is 16.0 Å². The largest absolute Gasteiger partial charge is 0.488 e. The van der Waals surface area contributed by atoms with Gasteiger partial charge in [-0.1, -0.05) is 18.2 Å². The summed E-state index contributed by atoms with van der Waals surface area (Å²) in [7, 11) is 0. The Balaban J connectivity index is 1.71. The zero-order valence-electron chi connectivity index (χ0n) is 13.3. The van der Waals surface area contributed by atoms with Gasteiger partial charge in [-0.05, 0) is 31.6 Å². The number of rotatable bonds is 2. The van der Waals surface area contributed by atoms with Crippen LogP contribution in [-0.4, -0.2) is 22.5 Å². The molecule has 3 aromatic rings. The van der Waals surface area contributed by atoms with Crippen LogP contribution in [0, 0.1) is 13.8 Å². The van der Waals surface area contributed by atoms with Gasteiger partial charge in [0.2, 0.25) is 0 Å². The molecule has 1 aliphatic heterocycles. The summed E-state index contributed by atoms with van der Waals surface area (Å²) >= 11 is 1.53. The number of aryl methyl sites for hydroxylation is 2. The molecule has 0 aliphatic carbocycles. The highest BCUT2D eigenvalue weighted by Crippen LogP contribution is 2.26. The molecule has 24 heavy (non-hydrogen) atoms. The minimum atomic E-state index is -0.143. The topological polar surface area (TPSA) is 56.5 Å². The Hall–Kier alpha value is -2.73. The normalized spacial score (nSPS) is 13.8. The molecule has 0 bridgehead atoms. The molecule has 6 heteroatoms. The first-order valence-electron chi connectivity index (χ1n) is 7.57. The van der Waals surface area contributed by atoms with Crippen molar-refractivity contribution in [1.29, 1.82) is 0 Å². The van der Waals surface area contributed by atoms with E-state index in [1.54, 1.807) is 6.21 Å². The van der Waals surface area contributed by atoms with Gasteiger partial charge in [-0.2, -0.15) is 9.78 Å². The van der Waals surface area contributed by atoms with Crippen molar-refractivity contribution in [3.05, 3.63) is 62.5 Å². The lowest BCUT2D eigenvalue weighted by atomic mass is 10.1. The van der Waals surface area contributed by atoms with E-state index < -0.39 is 0 Å². The average Bonchev–Trinajstić information content (AvgIpc) is 2.89. The van der Waals surface area contributed by atoms with Crippen LogP contribution in [0.4, 0.5) is 0 Å². The van der Waals surface area contributed by atoms with Gasteiger partial charge in [-0.15, -0.1) is 11.3 Å². The van der Waals surface area contributed by atoms with Gasteiger partial charge < -0.3 is 4.74 Å². The van der Waals surface area contributed by atoms with Gasteiger partial charge in [0.15, 0.2) is 0 Å². The van der Waals surface area contributed by atoms with Crippen molar-refractivity contribution in [2.45, 2.75) is 13.8 Å². The van der Waals surface area contributed by atoms with Crippen LogP contribution in [0.2, 0.25) is 0 Å². The van der Waals surface area contributed by atoms with Crippen LogP contribution in [0.5, 0.6) is 5.75 Å². The molecule has 4 rings (SSSR count). The predicted octanol–water partition coefficient (Wildman–Crippen LogP) is 3.38.